The number of hydrogen-bond donors (Lipinski definition) is 2. The van der Waals surface area contributed by atoms with Crippen LogP contribution in [-0.2, 0) is 10.0 Å². The Hall–Kier alpha value is -2.90. The molecule has 1 heterocycles. The summed E-state index contributed by atoms with van der Waals surface area (Å²) in [6.45, 7) is 1.75. The number of rotatable bonds is 3. The molecule has 3 aromatic rings. The van der Waals surface area contributed by atoms with E-state index in [4.69, 9.17) is 11.6 Å². The van der Waals surface area contributed by atoms with Crippen LogP contribution in [0, 0.1) is 6.92 Å². The highest BCUT2D eigenvalue weighted by Crippen LogP contribution is 2.31. The van der Waals surface area contributed by atoms with Gasteiger partial charge < -0.3 is 0 Å². The Morgan fingerprint density at radius 2 is 1.70 bits per heavy atom. The van der Waals surface area contributed by atoms with Crippen LogP contribution in [0.4, 0.5) is 5.69 Å². The summed E-state index contributed by atoms with van der Waals surface area (Å²) < 4.78 is 28.3. The summed E-state index contributed by atoms with van der Waals surface area (Å²) in [6, 6.07) is 12.5. The average Bonchev–Trinajstić information content (AvgIpc) is 2.62. The van der Waals surface area contributed by atoms with Crippen molar-refractivity contribution in [2.24, 2.45) is 0 Å². The highest BCUT2D eigenvalue weighted by atomic mass is 35.5. The van der Waals surface area contributed by atoms with Crippen molar-refractivity contribution in [2.45, 2.75) is 11.8 Å². The number of halogens is 1. The van der Waals surface area contributed by atoms with Crippen molar-refractivity contribution >= 4 is 49.9 Å². The first kappa shape index (κ1) is 17.5. The molecule has 27 heavy (non-hydrogen) atoms. The monoisotopic (exact) mass is 400 g/mol. The Labute approximate surface area is 160 Å². The molecule has 0 fully saturated rings. The van der Waals surface area contributed by atoms with E-state index in [1.165, 1.54) is 18.2 Å². The second kappa shape index (κ2) is 6.07. The van der Waals surface area contributed by atoms with Gasteiger partial charge >= 0.3 is 0 Å². The first-order valence-electron chi connectivity index (χ1n) is 7.98. The van der Waals surface area contributed by atoms with E-state index >= 15 is 0 Å². The zero-order valence-electron chi connectivity index (χ0n) is 14.0. The van der Waals surface area contributed by atoms with E-state index in [1.807, 2.05) is 0 Å². The minimum atomic E-state index is -3.98. The summed E-state index contributed by atoms with van der Waals surface area (Å²) in [6.07, 6.45) is 0. The summed E-state index contributed by atoms with van der Waals surface area (Å²) in [5, 5.41) is 3.57. The van der Waals surface area contributed by atoms with Gasteiger partial charge in [0.15, 0.2) is 0 Å². The van der Waals surface area contributed by atoms with Crippen molar-refractivity contribution in [1.29, 1.82) is 0 Å². The first-order valence-corrected chi connectivity index (χ1v) is 9.84. The van der Waals surface area contributed by atoms with Crippen LogP contribution in [0.2, 0.25) is 5.02 Å². The third kappa shape index (κ3) is 2.94. The third-order valence-corrected chi connectivity index (χ3v) is 6.00. The van der Waals surface area contributed by atoms with Gasteiger partial charge in [0.05, 0.1) is 10.6 Å². The van der Waals surface area contributed by atoms with E-state index in [0.29, 0.717) is 32.6 Å². The maximum Gasteiger partial charge on any atom is 0.261 e. The third-order valence-electron chi connectivity index (χ3n) is 4.42. The van der Waals surface area contributed by atoms with Crippen LogP contribution in [0.5, 0.6) is 0 Å². The lowest BCUT2D eigenvalue weighted by Crippen LogP contribution is -2.34. The Morgan fingerprint density at radius 3 is 2.48 bits per heavy atom. The molecular formula is C19H13ClN2O4S. The zero-order valence-corrected chi connectivity index (χ0v) is 15.6. The molecule has 2 N–H and O–H groups in total. The molecule has 4 rings (SSSR count). The molecule has 2 amide bonds. The van der Waals surface area contributed by atoms with Gasteiger partial charge in [-0.15, -0.1) is 0 Å². The van der Waals surface area contributed by atoms with E-state index in [1.54, 1.807) is 37.3 Å². The van der Waals surface area contributed by atoms with Gasteiger partial charge in [0.25, 0.3) is 21.8 Å². The van der Waals surface area contributed by atoms with Crippen molar-refractivity contribution < 1.29 is 18.0 Å². The number of sulfonamides is 1. The molecule has 0 unspecified atom stereocenters. The van der Waals surface area contributed by atoms with E-state index in [9.17, 15) is 18.0 Å². The molecule has 0 spiro atoms. The summed E-state index contributed by atoms with van der Waals surface area (Å²) in [5.74, 6) is -1.12. The molecule has 8 heteroatoms. The number of aryl methyl sites for hydroxylation is 1. The summed E-state index contributed by atoms with van der Waals surface area (Å²) in [5.41, 5.74) is 1.54. The summed E-state index contributed by atoms with van der Waals surface area (Å²) in [4.78, 5) is 24.2. The standard InChI is InChI=1S/C19H13ClN2O4S/c1-10-5-6-12(20)8-16(10)22-27(25,26)13-7-11-3-2-4-14-17(11)15(9-13)19(24)21-18(14)23/h2-9,22H,1H3,(H,21,23,24). The minimum absolute atomic E-state index is 0.0778. The van der Waals surface area contributed by atoms with Gasteiger partial charge in [-0.2, -0.15) is 0 Å². The molecule has 0 radical (unpaired) electrons. The van der Waals surface area contributed by atoms with Crippen LogP contribution in [0.3, 0.4) is 0 Å². The molecule has 0 aliphatic carbocycles. The number of anilines is 1. The van der Waals surface area contributed by atoms with Crippen LogP contribution in [0.25, 0.3) is 10.8 Å². The summed E-state index contributed by atoms with van der Waals surface area (Å²) in [7, 11) is -3.98. The number of amides is 2. The van der Waals surface area contributed by atoms with Crippen molar-refractivity contribution in [1.82, 2.24) is 5.32 Å². The Kier molecular flexibility index (Phi) is 3.94. The fourth-order valence-electron chi connectivity index (χ4n) is 3.07. The molecular weight excluding hydrogens is 388 g/mol. The van der Waals surface area contributed by atoms with Crippen molar-refractivity contribution in [3.63, 3.8) is 0 Å². The largest absolute Gasteiger partial charge is 0.288 e. The predicted octanol–water partition coefficient (Wildman–Crippen LogP) is 3.49. The zero-order chi connectivity index (χ0) is 19.3. The van der Waals surface area contributed by atoms with Crippen LogP contribution in [-0.4, -0.2) is 20.2 Å². The highest BCUT2D eigenvalue weighted by Gasteiger charge is 2.27. The average molecular weight is 401 g/mol. The first-order chi connectivity index (χ1) is 12.8. The number of carbonyl (C=O) groups excluding carboxylic acids is 2. The fourth-order valence-corrected chi connectivity index (χ4v) is 4.42. The maximum absolute atomic E-state index is 12.9. The number of imide groups is 1. The van der Waals surface area contributed by atoms with Crippen molar-refractivity contribution in [3.8, 4) is 0 Å². The van der Waals surface area contributed by atoms with E-state index in [0.717, 1.165) is 0 Å². The second-order valence-electron chi connectivity index (χ2n) is 6.22. The number of hydrogen-bond acceptors (Lipinski definition) is 4. The van der Waals surface area contributed by atoms with Gasteiger partial charge in [-0.05, 0) is 48.2 Å². The van der Waals surface area contributed by atoms with Gasteiger partial charge in [0, 0.05) is 21.5 Å². The van der Waals surface area contributed by atoms with E-state index < -0.39 is 21.8 Å². The van der Waals surface area contributed by atoms with E-state index in [-0.39, 0.29) is 10.5 Å². The lowest BCUT2D eigenvalue weighted by molar-refractivity contribution is 0.0845. The van der Waals surface area contributed by atoms with Gasteiger partial charge in [0.1, 0.15) is 0 Å². The number of carbonyl (C=O) groups is 2. The van der Waals surface area contributed by atoms with Gasteiger partial charge in [0.2, 0.25) is 0 Å². The maximum atomic E-state index is 12.9. The predicted molar refractivity (Wildman–Crippen MR) is 103 cm³/mol. The van der Waals surface area contributed by atoms with Gasteiger partial charge in [-0.3, -0.25) is 19.6 Å². The smallest absolute Gasteiger partial charge is 0.261 e. The lowest BCUT2D eigenvalue weighted by Gasteiger charge is -2.18. The van der Waals surface area contributed by atoms with Crippen molar-refractivity contribution in [3.05, 3.63) is 70.2 Å². The van der Waals surface area contributed by atoms with Crippen LogP contribution in [0.15, 0.2) is 53.4 Å². The van der Waals surface area contributed by atoms with Crippen LogP contribution < -0.4 is 10.0 Å². The van der Waals surface area contributed by atoms with E-state index in [2.05, 4.69) is 10.0 Å². The van der Waals surface area contributed by atoms with Crippen molar-refractivity contribution in [2.75, 3.05) is 4.72 Å². The summed E-state index contributed by atoms with van der Waals surface area (Å²) >= 11 is 5.96. The van der Waals surface area contributed by atoms with Crippen LogP contribution in [0.1, 0.15) is 26.3 Å². The molecule has 1 aliphatic heterocycles. The molecule has 0 saturated heterocycles. The molecule has 3 aromatic carbocycles. The Balaban J connectivity index is 1.88. The molecule has 6 nitrogen and oxygen atoms in total. The number of nitrogens with one attached hydrogen (secondary N) is 2. The molecule has 0 atom stereocenters. The molecule has 0 saturated carbocycles. The van der Waals surface area contributed by atoms with Gasteiger partial charge in [-0.25, -0.2) is 8.42 Å². The second-order valence-corrected chi connectivity index (χ2v) is 8.34. The number of benzene rings is 3. The Morgan fingerprint density at radius 1 is 0.963 bits per heavy atom. The molecule has 0 bridgehead atoms. The Bertz CT molecular complexity index is 1250. The van der Waals surface area contributed by atoms with Crippen LogP contribution >= 0.6 is 11.6 Å². The molecule has 1 aliphatic rings. The lowest BCUT2D eigenvalue weighted by atomic mass is 9.95. The molecule has 136 valence electrons. The SMILES string of the molecule is Cc1ccc(Cl)cc1NS(=O)(=O)c1cc2c3c(cccc3c1)C(=O)NC2=O. The van der Waals surface area contributed by atoms with Gasteiger partial charge in [-0.1, -0.05) is 29.8 Å². The normalized spacial score (nSPS) is 13.6. The highest BCUT2D eigenvalue weighted by molar-refractivity contribution is 7.92. The minimum Gasteiger partial charge on any atom is -0.288 e. The fraction of sp³-hybridized carbons (Fsp3) is 0.0526. The molecule has 0 aromatic heterocycles. The quantitative estimate of drug-likeness (QED) is 0.658. The topological polar surface area (TPSA) is 92.3 Å².